The normalized spacial score (nSPS) is 11.9. The van der Waals surface area contributed by atoms with E-state index in [9.17, 15) is 27.6 Å². The van der Waals surface area contributed by atoms with Gasteiger partial charge < -0.3 is 18.9 Å². The summed E-state index contributed by atoms with van der Waals surface area (Å²) in [5, 5.41) is -0.280. The molecule has 0 aromatic heterocycles. The van der Waals surface area contributed by atoms with Crippen molar-refractivity contribution in [2.75, 3.05) is 13.2 Å². The topological polar surface area (TPSA) is 88.1 Å². The molecule has 0 fully saturated rings. The van der Waals surface area contributed by atoms with Crippen molar-refractivity contribution in [3.8, 4) is 17.2 Å². The summed E-state index contributed by atoms with van der Waals surface area (Å²) in [6, 6.07) is 6.53. The van der Waals surface area contributed by atoms with Crippen molar-refractivity contribution < 1.29 is 46.5 Å². The van der Waals surface area contributed by atoms with Crippen molar-refractivity contribution in [2.45, 2.75) is 26.1 Å². The molecule has 1 atom stereocenters. The first-order valence-corrected chi connectivity index (χ1v) is 9.55. The number of esters is 2. The molecule has 7 nitrogen and oxygen atoms in total. The first-order valence-electron chi connectivity index (χ1n) is 9.17. The van der Waals surface area contributed by atoms with Crippen molar-refractivity contribution in [2.24, 2.45) is 0 Å². The van der Waals surface area contributed by atoms with Crippen molar-refractivity contribution in [3.63, 3.8) is 0 Å². The summed E-state index contributed by atoms with van der Waals surface area (Å²) in [5.74, 6) is -1.65. The lowest BCUT2D eigenvalue weighted by molar-refractivity contribution is -0.162. The molecule has 2 aromatic carbocycles. The zero-order chi connectivity index (χ0) is 23.9. The van der Waals surface area contributed by atoms with Crippen LogP contribution in [-0.4, -0.2) is 37.5 Å². The summed E-state index contributed by atoms with van der Waals surface area (Å²) in [4.78, 5) is 34.6. The molecule has 172 valence electrons. The van der Waals surface area contributed by atoms with Gasteiger partial charge in [0.1, 0.15) is 17.2 Å². The van der Waals surface area contributed by atoms with Crippen LogP contribution < -0.4 is 9.47 Å². The number of benzene rings is 2. The molecule has 2 aromatic rings. The second-order valence-electron chi connectivity index (χ2n) is 6.24. The van der Waals surface area contributed by atoms with Crippen LogP contribution in [0.25, 0.3) is 0 Å². The van der Waals surface area contributed by atoms with Crippen LogP contribution in [0.3, 0.4) is 0 Å². The highest BCUT2D eigenvalue weighted by Crippen LogP contribution is 2.37. The summed E-state index contributed by atoms with van der Waals surface area (Å²) in [5.41, 5.74) is -0.869. The molecule has 0 saturated carbocycles. The smallest absolute Gasteiger partial charge is 0.416 e. The number of ether oxygens (including phenoxy) is 4. The highest BCUT2D eigenvalue weighted by molar-refractivity contribution is 6.32. The molecule has 0 aliphatic rings. The second kappa shape index (κ2) is 10.9. The maximum absolute atomic E-state index is 12.8. The van der Waals surface area contributed by atoms with Gasteiger partial charge in [-0.15, -0.1) is 0 Å². The average Bonchev–Trinajstić information content (AvgIpc) is 2.73. The van der Waals surface area contributed by atoms with Crippen LogP contribution in [0.5, 0.6) is 17.2 Å². The highest BCUT2D eigenvalue weighted by Gasteiger charge is 2.31. The lowest BCUT2D eigenvalue weighted by atomic mass is 10.2. The fourth-order valence-electron chi connectivity index (χ4n) is 2.35. The van der Waals surface area contributed by atoms with Gasteiger partial charge in [0, 0.05) is 6.07 Å². The Morgan fingerprint density at radius 2 is 1.81 bits per heavy atom. The molecule has 0 aliphatic carbocycles. The van der Waals surface area contributed by atoms with Gasteiger partial charge in [0.25, 0.3) is 0 Å². The van der Waals surface area contributed by atoms with Gasteiger partial charge in [0.15, 0.2) is 19.0 Å². The molecular formula is C21H18ClF3O7. The number of rotatable bonds is 9. The molecule has 11 heteroatoms. The predicted octanol–water partition coefficient (Wildman–Crippen LogP) is 4.84. The number of aldehydes is 1. The fraction of sp³-hybridized carbons (Fsp3) is 0.286. The molecule has 0 bridgehead atoms. The lowest BCUT2D eigenvalue weighted by Crippen LogP contribution is -2.28. The van der Waals surface area contributed by atoms with Gasteiger partial charge in [-0.3, -0.25) is 4.79 Å². The number of halogens is 4. The molecule has 2 rings (SSSR count). The Morgan fingerprint density at radius 3 is 2.41 bits per heavy atom. The van der Waals surface area contributed by atoms with Crippen LogP contribution in [0.2, 0.25) is 5.02 Å². The largest absolute Gasteiger partial charge is 0.478 e. The van der Waals surface area contributed by atoms with E-state index in [4.69, 9.17) is 25.8 Å². The maximum Gasteiger partial charge on any atom is 0.416 e. The van der Waals surface area contributed by atoms with E-state index in [1.807, 2.05) is 0 Å². The van der Waals surface area contributed by atoms with E-state index in [2.05, 4.69) is 4.74 Å². The van der Waals surface area contributed by atoms with Gasteiger partial charge in [0.05, 0.1) is 22.8 Å². The van der Waals surface area contributed by atoms with E-state index < -0.39 is 36.4 Å². The summed E-state index contributed by atoms with van der Waals surface area (Å²) in [6.07, 6.45) is -5.29. The molecule has 0 N–H and O–H groups in total. The first-order chi connectivity index (χ1) is 15.0. The van der Waals surface area contributed by atoms with Crippen LogP contribution in [0.1, 0.15) is 29.8 Å². The minimum absolute atomic E-state index is 0.0545. The van der Waals surface area contributed by atoms with Gasteiger partial charge in [0.2, 0.25) is 0 Å². The zero-order valence-electron chi connectivity index (χ0n) is 16.9. The second-order valence-corrected chi connectivity index (χ2v) is 6.64. The number of alkyl halides is 3. The third-order valence-corrected chi connectivity index (χ3v) is 4.17. The number of carbonyl (C=O) groups is 3. The summed E-state index contributed by atoms with van der Waals surface area (Å²) in [6.45, 7) is 2.46. The molecule has 0 unspecified atom stereocenters. The van der Waals surface area contributed by atoms with E-state index in [1.54, 1.807) is 6.92 Å². The van der Waals surface area contributed by atoms with E-state index in [0.29, 0.717) is 6.29 Å². The van der Waals surface area contributed by atoms with Gasteiger partial charge in [-0.2, -0.15) is 13.2 Å². The van der Waals surface area contributed by atoms with E-state index in [0.717, 1.165) is 18.2 Å². The SMILES string of the molecule is CCOC(=O)COC(=O)[C@@H](C)Oc1cc(Oc2ccc(C(F)(F)F)cc2Cl)ccc1C=O. The van der Waals surface area contributed by atoms with Gasteiger partial charge in [-0.25, -0.2) is 9.59 Å². The van der Waals surface area contributed by atoms with E-state index in [1.165, 1.54) is 25.1 Å². The summed E-state index contributed by atoms with van der Waals surface area (Å²) >= 11 is 5.88. The van der Waals surface area contributed by atoms with E-state index >= 15 is 0 Å². The standard InChI is InChI=1S/C21H18ClF3O7/c1-3-29-19(27)11-30-20(28)12(2)31-18-9-15(6-4-13(18)10-26)32-17-7-5-14(8-16(17)22)21(23,24)25/h4-10,12H,3,11H2,1-2H3/t12-/m1/s1. The number of hydrogen-bond donors (Lipinski definition) is 0. The molecule has 0 amide bonds. The molecule has 0 spiro atoms. The van der Waals surface area contributed by atoms with E-state index in [-0.39, 0.29) is 34.4 Å². The molecule has 0 saturated heterocycles. The van der Waals surface area contributed by atoms with Gasteiger partial charge >= 0.3 is 18.1 Å². The zero-order valence-corrected chi connectivity index (χ0v) is 17.7. The minimum Gasteiger partial charge on any atom is -0.478 e. The number of carbonyl (C=O) groups excluding carboxylic acids is 3. The van der Waals surface area contributed by atoms with Gasteiger partial charge in [-0.05, 0) is 44.2 Å². The Kier molecular flexibility index (Phi) is 8.48. The monoisotopic (exact) mass is 474 g/mol. The Hall–Kier alpha value is -3.27. The third kappa shape index (κ3) is 6.88. The molecule has 0 radical (unpaired) electrons. The maximum atomic E-state index is 12.8. The van der Waals surface area contributed by atoms with Crippen molar-refractivity contribution >= 4 is 29.8 Å². The molecular weight excluding hydrogens is 457 g/mol. The first kappa shape index (κ1) is 25.0. The Balaban J connectivity index is 2.14. The van der Waals surface area contributed by atoms with Crippen LogP contribution >= 0.6 is 11.6 Å². The predicted molar refractivity (Wildman–Crippen MR) is 106 cm³/mol. The average molecular weight is 475 g/mol. The van der Waals surface area contributed by atoms with Crippen molar-refractivity contribution in [3.05, 3.63) is 52.5 Å². The highest BCUT2D eigenvalue weighted by atomic mass is 35.5. The van der Waals surface area contributed by atoms with Crippen LogP contribution in [0.15, 0.2) is 36.4 Å². The van der Waals surface area contributed by atoms with Crippen LogP contribution in [0, 0.1) is 0 Å². The van der Waals surface area contributed by atoms with Crippen molar-refractivity contribution in [1.82, 2.24) is 0 Å². The number of hydrogen-bond acceptors (Lipinski definition) is 7. The Labute approximate surface area is 186 Å². The van der Waals surface area contributed by atoms with Gasteiger partial charge in [-0.1, -0.05) is 11.6 Å². The quantitative estimate of drug-likeness (QED) is 0.379. The molecule has 32 heavy (non-hydrogen) atoms. The minimum atomic E-state index is -4.56. The van der Waals surface area contributed by atoms with Crippen LogP contribution in [0.4, 0.5) is 13.2 Å². The fourth-order valence-corrected chi connectivity index (χ4v) is 2.57. The Morgan fingerprint density at radius 1 is 1.09 bits per heavy atom. The third-order valence-electron chi connectivity index (χ3n) is 3.87. The Bertz CT molecular complexity index is 992. The summed E-state index contributed by atoms with van der Waals surface area (Å²) < 4.78 is 58.7. The summed E-state index contributed by atoms with van der Waals surface area (Å²) in [7, 11) is 0. The lowest BCUT2D eigenvalue weighted by Gasteiger charge is -2.16. The molecule has 0 aliphatic heterocycles. The van der Waals surface area contributed by atoms with Crippen molar-refractivity contribution in [1.29, 1.82) is 0 Å². The van der Waals surface area contributed by atoms with Crippen LogP contribution in [-0.2, 0) is 25.2 Å². The molecule has 0 heterocycles.